The number of nitrogens with zero attached hydrogens (tertiary/aromatic N) is 1. The number of hydrogen-bond donors (Lipinski definition) is 2. The summed E-state index contributed by atoms with van der Waals surface area (Å²) in [5.41, 5.74) is 8.44. The van der Waals surface area contributed by atoms with Crippen molar-refractivity contribution in [2.75, 3.05) is 24.2 Å². The van der Waals surface area contributed by atoms with Gasteiger partial charge < -0.3 is 15.7 Å². The molecule has 0 saturated heterocycles. The van der Waals surface area contributed by atoms with E-state index in [1.165, 1.54) is 0 Å². The summed E-state index contributed by atoms with van der Waals surface area (Å²) in [7, 11) is 2.03. The number of para-hydroxylation sites is 1. The van der Waals surface area contributed by atoms with Crippen molar-refractivity contribution in [2.45, 2.75) is 12.5 Å². The Kier molecular flexibility index (Phi) is 4.42. The van der Waals surface area contributed by atoms with E-state index in [0.717, 1.165) is 17.8 Å². The van der Waals surface area contributed by atoms with Crippen molar-refractivity contribution in [1.82, 2.24) is 0 Å². The Morgan fingerprint density at radius 2 is 1.84 bits per heavy atom. The number of rotatable bonds is 5. The Morgan fingerprint density at radius 3 is 2.53 bits per heavy atom. The van der Waals surface area contributed by atoms with Crippen LogP contribution in [0.15, 0.2) is 54.6 Å². The van der Waals surface area contributed by atoms with Crippen LogP contribution < -0.4 is 10.6 Å². The van der Waals surface area contributed by atoms with E-state index in [2.05, 4.69) is 17.0 Å². The van der Waals surface area contributed by atoms with Gasteiger partial charge >= 0.3 is 0 Å². The molecule has 0 spiro atoms. The van der Waals surface area contributed by atoms with E-state index in [1.807, 2.05) is 49.5 Å². The first-order valence-corrected chi connectivity index (χ1v) is 6.46. The van der Waals surface area contributed by atoms with Crippen LogP contribution in [0.4, 0.5) is 11.4 Å². The van der Waals surface area contributed by atoms with Gasteiger partial charge in [-0.1, -0.05) is 30.3 Å². The van der Waals surface area contributed by atoms with Gasteiger partial charge in [-0.05, 0) is 36.2 Å². The van der Waals surface area contributed by atoms with Crippen LogP contribution in [-0.2, 0) is 0 Å². The van der Waals surface area contributed by atoms with Crippen molar-refractivity contribution < 1.29 is 5.11 Å². The Balaban J connectivity index is 1.92. The number of nitrogens with two attached hydrogens (primary N) is 1. The molecule has 1 atom stereocenters. The van der Waals surface area contributed by atoms with Gasteiger partial charge in [0.15, 0.2) is 0 Å². The van der Waals surface area contributed by atoms with Crippen LogP contribution in [0.5, 0.6) is 0 Å². The molecule has 0 aromatic heterocycles. The molecule has 0 bridgehead atoms. The zero-order valence-electron chi connectivity index (χ0n) is 11.2. The van der Waals surface area contributed by atoms with E-state index in [0.29, 0.717) is 12.1 Å². The predicted octanol–water partition coefficient (Wildman–Crippen LogP) is 2.83. The van der Waals surface area contributed by atoms with Crippen LogP contribution in [0.3, 0.4) is 0 Å². The van der Waals surface area contributed by atoms with Crippen molar-refractivity contribution in [1.29, 1.82) is 0 Å². The normalized spacial score (nSPS) is 12.1. The molecule has 2 aromatic carbocycles. The van der Waals surface area contributed by atoms with Crippen LogP contribution in [0.1, 0.15) is 18.1 Å². The monoisotopic (exact) mass is 256 g/mol. The van der Waals surface area contributed by atoms with Crippen molar-refractivity contribution in [2.24, 2.45) is 0 Å². The Morgan fingerprint density at radius 1 is 1.11 bits per heavy atom. The van der Waals surface area contributed by atoms with E-state index in [4.69, 9.17) is 5.73 Å². The minimum atomic E-state index is -0.477. The maximum absolute atomic E-state index is 10.2. The van der Waals surface area contributed by atoms with Gasteiger partial charge in [0.25, 0.3) is 0 Å². The summed E-state index contributed by atoms with van der Waals surface area (Å²) in [5.74, 6) is 0. The predicted molar refractivity (Wildman–Crippen MR) is 80.1 cm³/mol. The summed E-state index contributed by atoms with van der Waals surface area (Å²) in [5, 5.41) is 10.2. The third-order valence-electron chi connectivity index (χ3n) is 3.23. The third-order valence-corrected chi connectivity index (χ3v) is 3.23. The van der Waals surface area contributed by atoms with Crippen LogP contribution in [0.25, 0.3) is 0 Å². The van der Waals surface area contributed by atoms with Gasteiger partial charge in [-0.2, -0.15) is 0 Å². The highest BCUT2D eigenvalue weighted by atomic mass is 16.3. The topological polar surface area (TPSA) is 49.5 Å². The lowest BCUT2D eigenvalue weighted by molar-refractivity contribution is 0.170. The molecule has 19 heavy (non-hydrogen) atoms. The summed E-state index contributed by atoms with van der Waals surface area (Å²) in [6.07, 6.45) is 0.198. The van der Waals surface area contributed by atoms with Crippen molar-refractivity contribution in [3.05, 3.63) is 60.2 Å². The van der Waals surface area contributed by atoms with Gasteiger partial charge in [0.2, 0.25) is 0 Å². The second kappa shape index (κ2) is 6.25. The number of aliphatic hydroxyl groups is 1. The van der Waals surface area contributed by atoms with E-state index in [1.54, 1.807) is 0 Å². The molecule has 0 amide bonds. The van der Waals surface area contributed by atoms with Crippen LogP contribution in [-0.4, -0.2) is 18.7 Å². The Hall–Kier alpha value is -2.00. The zero-order chi connectivity index (χ0) is 13.7. The van der Waals surface area contributed by atoms with Gasteiger partial charge in [-0.25, -0.2) is 0 Å². The lowest BCUT2D eigenvalue weighted by atomic mass is 10.1. The molecule has 1 unspecified atom stereocenters. The first-order chi connectivity index (χ1) is 9.16. The molecular formula is C16H20N2O. The number of benzene rings is 2. The van der Waals surface area contributed by atoms with Crippen molar-refractivity contribution in [3.8, 4) is 0 Å². The second-order valence-corrected chi connectivity index (χ2v) is 4.73. The molecule has 0 saturated carbocycles. The summed E-state index contributed by atoms with van der Waals surface area (Å²) in [4.78, 5) is 2.13. The van der Waals surface area contributed by atoms with Crippen molar-refractivity contribution >= 4 is 11.4 Å². The van der Waals surface area contributed by atoms with Gasteiger partial charge in [-0.3, -0.25) is 0 Å². The van der Waals surface area contributed by atoms with E-state index >= 15 is 0 Å². The Bertz CT molecular complexity index is 513. The summed E-state index contributed by atoms with van der Waals surface area (Å²) in [6, 6.07) is 17.6. The van der Waals surface area contributed by atoms with Crippen molar-refractivity contribution in [3.63, 3.8) is 0 Å². The molecule has 0 aliphatic carbocycles. The molecule has 2 rings (SSSR count). The summed E-state index contributed by atoms with van der Waals surface area (Å²) >= 11 is 0. The lowest BCUT2D eigenvalue weighted by Crippen LogP contribution is -2.20. The molecular weight excluding hydrogens is 236 g/mol. The first-order valence-electron chi connectivity index (χ1n) is 6.46. The molecule has 2 aromatic rings. The fourth-order valence-electron chi connectivity index (χ4n) is 2.06. The maximum atomic E-state index is 10.2. The molecule has 3 heteroatoms. The van der Waals surface area contributed by atoms with Gasteiger partial charge in [0.1, 0.15) is 0 Å². The largest absolute Gasteiger partial charge is 0.399 e. The standard InChI is InChI=1S/C16H20N2O/c1-18(15-8-3-2-4-9-15)11-10-16(19)13-6-5-7-14(17)12-13/h2-9,12,16,19H,10-11,17H2,1H3. The quantitative estimate of drug-likeness (QED) is 0.809. The number of anilines is 2. The highest BCUT2D eigenvalue weighted by Crippen LogP contribution is 2.20. The zero-order valence-corrected chi connectivity index (χ0v) is 11.2. The number of aliphatic hydroxyl groups excluding tert-OH is 1. The summed E-state index contributed by atoms with van der Waals surface area (Å²) in [6.45, 7) is 0.792. The highest BCUT2D eigenvalue weighted by Gasteiger charge is 2.09. The Labute approximate surface area is 114 Å². The smallest absolute Gasteiger partial charge is 0.0807 e. The fourth-order valence-corrected chi connectivity index (χ4v) is 2.06. The van der Waals surface area contributed by atoms with Crippen LogP contribution >= 0.6 is 0 Å². The average Bonchev–Trinajstić information content (AvgIpc) is 2.45. The maximum Gasteiger partial charge on any atom is 0.0807 e. The molecule has 0 heterocycles. The number of nitrogen functional groups attached to an aromatic ring is 1. The van der Waals surface area contributed by atoms with Gasteiger partial charge in [-0.15, -0.1) is 0 Å². The van der Waals surface area contributed by atoms with E-state index in [9.17, 15) is 5.11 Å². The first kappa shape index (κ1) is 13.4. The minimum Gasteiger partial charge on any atom is -0.399 e. The van der Waals surface area contributed by atoms with Gasteiger partial charge in [0, 0.05) is 25.0 Å². The molecule has 3 N–H and O–H groups in total. The molecule has 0 aliphatic rings. The summed E-state index contributed by atoms with van der Waals surface area (Å²) < 4.78 is 0. The van der Waals surface area contributed by atoms with E-state index < -0.39 is 6.10 Å². The third kappa shape index (κ3) is 3.73. The molecule has 0 fully saturated rings. The molecule has 0 radical (unpaired) electrons. The molecule has 3 nitrogen and oxygen atoms in total. The van der Waals surface area contributed by atoms with Crippen LogP contribution in [0.2, 0.25) is 0 Å². The van der Waals surface area contributed by atoms with Crippen LogP contribution in [0, 0.1) is 0 Å². The highest BCUT2D eigenvalue weighted by molar-refractivity contribution is 5.45. The number of hydrogen-bond acceptors (Lipinski definition) is 3. The second-order valence-electron chi connectivity index (χ2n) is 4.73. The SMILES string of the molecule is CN(CCC(O)c1cccc(N)c1)c1ccccc1. The minimum absolute atomic E-state index is 0.477. The molecule has 0 aliphatic heterocycles. The van der Waals surface area contributed by atoms with E-state index in [-0.39, 0.29) is 0 Å². The lowest BCUT2D eigenvalue weighted by Gasteiger charge is -2.21. The molecule has 100 valence electrons. The fraction of sp³-hybridized carbons (Fsp3) is 0.250. The average molecular weight is 256 g/mol. The van der Waals surface area contributed by atoms with Gasteiger partial charge in [0.05, 0.1) is 6.10 Å².